The second kappa shape index (κ2) is 7.07. The van der Waals surface area contributed by atoms with Gasteiger partial charge in [-0.3, -0.25) is 9.69 Å². The average molecular weight is 304 g/mol. The minimum atomic E-state index is -0.000200. The molecule has 3 nitrogen and oxygen atoms in total. The zero-order valence-electron chi connectivity index (χ0n) is 13.2. The zero-order chi connectivity index (χ0) is 16.1. The van der Waals surface area contributed by atoms with E-state index in [0.717, 1.165) is 23.0 Å². The first-order valence-corrected chi connectivity index (χ1v) is 7.72. The number of likely N-dealkylation sites (N-methyl/N-ethyl adjacent to an activating group) is 1. The van der Waals surface area contributed by atoms with Crippen molar-refractivity contribution in [2.24, 2.45) is 0 Å². The van der Waals surface area contributed by atoms with Crippen LogP contribution in [0.4, 0.5) is 5.69 Å². The molecule has 3 heteroatoms. The molecule has 116 valence electrons. The van der Waals surface area contributed by atoms with E-state index in [4.69, 9.17) is 0 Å². The van der Waals surface area contributed by atoms with E-state index in [1.165, 1.54) is 5.56 Å². The van der Waals surface area contributed by atoms with Crippen LogP contribution in [0.15, 0.2) is 72.8 Å². The van der Waals surface area contributed by atoms with Gasteiger partial charge in [-0.05, 0) is 24.1 Å². The molecule has 0 heterocycles. The molecular weight excluding hydrogens is 284 g/mol. The fourth-order valence-corrected chi connectivity index (χ4v) is 2.72. The minimum Gasteiger partial charge on any atom is -0.324 e. The van der Waals surface area contributed by atoms with Gasteiger partial charge in [-0.25, -0.2) is 0 Å². The number of carbonyl (C=O) groups is 1. The Kier molecular flexibility index (Phi) is 4.69. The van der Waals surface area contributed by atoms with Gasteiger partial charge in [0.05, 0.1) is 6.54 Å². The Balaban J connectivity index is 1.64. The largest absolute Gasteiger partial charge is 0.324 e. The van der Waals surface area contributed by atoms with Crippen LogP contribution in [0.3, 0.4) is 0 Å². The highest BCUT2D eigenvalue weighted by molar-refractivity contribution is 6.02. The summed E-state index contributed by atoms with van der Waals surface area (Å²) in [6, 6.07) is 24.2. The zero-order valence-corrected chi connectivity index (χ0v) is 13.2. The topological polar surface area (TPSA) is 32.3 Å². The molecule has 1 amide bonds. The number of hydrogen-bond acceptors (Lipinski definition) is 2. The lowest BCUT2D eigenvalue weighted by Crippen LogP contribution is -2.29. The predicted octanol–water partition coefficient (Wildman–Crippen LogP) is 3.91. The number of anilines is 1. The molecule has 3 aromatic rings. The number of hydrogen-bond donors (Lipinski definition) is 1. The van der Waals surface area contributed by atoms with Gasteiger partial charge in [-0.15, -0.1) is 0 Å². The fourth-order valence-electron chi connectivity index (χ4n) is 2.72. The van der Waals surface area contributed by atoms with E-state index in [1.807, 2.05) is 72.6 Å². The number of rotatable bonds is 5. The van der Waals surface area contributed by atoms with Crippen molar-refractivity contribution in [2.45, 2.75) is 6.54 Å². The Hall–Kier alpha value is -2.65. The second-order valence-electron chi connectivity index (χ2n) is 5.73. The van der Waals surface area contributed by atoms with E-state index in [2.05, 4.69) is 17.4 Å². The number of benzene rings is 3. The third-order valence-electron chi connectivity index (χ3n) is 3.77. The average Bonchev–Trinajstić information content (AvgIpc) is 2.56. The van der Waals surface area contributed by atoms with E-state index in [0.29, 0.717) is 6.54 Å². The molecule has 0 spiro atoms. The van der Waals surface area contributed by atoms with Crippen LogP contribution in [-0.4, -0.2) is 24.4 Å². The summed E-state index contributed by atoms with van der Waals surface area (Å²) in [5.74, 6) is -0.000200. The van der Waals surface area contributed by atoms with Gasteiger partial charge in [0, 0.05) is 17.6 Å². The molecule has 0 bridgehead atoms. The summed E-state index contributed by atoms with van der Waals surface area (Å²) in [6.07, 6.45) is 0. The van der Waals surface area contributed by atoms with Crippen molar-refractivity contribution in [3.63, 3.8) is 0 Å². The van der Waals surface area contributed by atoms with Crippen molar-refractivity contribution < 1.29 is 4.79 Å². The summed E-state index contributed by atoms with van der Waals surface area (Å²) >= 11 is 0. The van der Waals surface area contributed by atoms with Gasteiger partial charge in [-0.1, -0.05) is 66.7 Å². The summed E-state index contributed by atoms with van der Waals surface area (Å²) < 4.78 is 0. The van der Waals surface area contributed by atoms with Crippen LogP contribution in [-0.2, 0) is 11.3 Å². The first-order valence-electron chi connectivity index (χ1n) is 7.72. The van der Waals surface area contributed by atoms with Crippen LogP contribution in [0.2, 0.25) is 0 Å². The molecule has 0 fully saturated rings. The number of fused-ring (bicyclic) bond motifs is 1. The molecule has 0 aliphatic rings. The summed E-state index contributed by atoms with van der Waals surface area (Å²) in [5, 5.41) is 5.21. The van der Waals surface area contributed by atoms with Crippen molar-refractivity contribution in [1.29, 1.82) is 0 Å². The molecule has 0 aliphatic carbocycles. The van der Waals surface area contributed by atoms with Crippen LogP contribution in [0.25, 0.3) is 10.8 Å². The molecule has 1 N–H and O–H groups in total. The van der Waals surface area contributed by atoms with Crippen molar-refractivity contribution in [1.82, 2.24) is 4.90 Å². The molecule has 0 saturated carbocycles. The summed E-state index contributed by atoms with van der Waals surface area (Å²) in [5.41, 5.74) is 2.06. The van der Waals surface area contributed by atoms with Crippen molar-refractivity contribution in [3.05, 3.63) is 78.4 Å². The molecule has 3 aromatic carbocycles. The van der Waals surface area contributed by atoms with E-state index >= 15 is 0 Å². The van der Waals surface area contributed by atoms with Crippen LogP contribution in [0.5, 0.6) is 0 Å². The van der Waals surface area contributed by atoms with E-state index in [1.54, 1.807) is 0 Å². The van der Waals surface area contributed by atoms with Gasteiger partial charge in [0.25, 0.3) is 0 Å². The Morgan fingerprint density at radius 1 is 0.913 bits per heavy atom. The normalized spacial score (nSPS) is 10.9. The first-order chi connectivity index (χ1) is 11.2. The maximum Gasteiger partial charge on any atom is 0.238 e. The van der Waals surface area contributed by atoms with Crippen molar-refractivity contribution in [2.75, 3.05) is 18.9 Å². The molecule has 0 aromatic heterocycles. The Morgan fingerprint density at radius 3 is 2.43 bits per heavy atom. The van der Waals surface area contributed by atoms with Crippen LogP contribution in [0, 0.1) is 0 Å². The van der Waals surface area contributed by atoms with Crippen molar-refractivity contribution >= 4 is 22.4 Å². The molecule has 0 atom stereocenters. The number of nitrogens with zero attached hydrogens (tertiary/aromatic N) is 1. The summed E-state index contributed by atoms with van der Waals surface area (Å²) in [7, 11) is 1.95. The standard InChI is InChI=1S/C20H20N2O/c1-22(14-16-8-3-2-4-9-16)15-20(23)21-19-13-7-11-17-10-5-6-12-18(17)19/h2-13H,14-15H2,1H3,(H,21,23). The molecule has 0 aliphatic heterocycles. The third-order valence-corrected chi connectivity index (χ3v) is 3.77. The first kappa shape index (κ1) is 15.3. The van der Waals surface area contributed by atoms with Gasteiger partial charge < -0.3 is 5.32 Å². The van der Waals surface area contributed by atoms with Gasteiger partial charge in [0.2, 0.25) is 5.91 Å². The molecule has 23 heavy (non-hydrogen) atoms. The van der Waals surface area contributed by atoms with Gasteiger partial charge in [-0.2, -0.15) is 0 Å². The van der Waals surface area contributed by atoms with E-state index < -0.39 is 0 Å². The molecule has 0 unspecified atom stereocenters. The fraction of sp³-hybridized carbons (Fsp3) is 0.150. The number of nitrogens with one attached hydrogen (secondary N) is 1. The van der Waals surface area contributed by atoms with Gasteiger partial charge in [0.15, 0.2) is 0 Å². The number of carbonyl (C=O) groups excluding carboxylic acids is 1. The molecule has 3 rings (SSSR count). The Labute approximate surface area is 136 Å². The Bertz CT molecular complexity index is 794. The molecule has 0 radical (unpaired) electrons. The minimum absolute atomic E-state index is 0.000200. The summed E-state index contributed by atoms with van der Waals surface area (Å²) in [4.78, 5) is 14.3. The maximum atomic E-state index is 12.3. The van der Waals surface area contributed by atoms with E-state index in [9.17, 15) is 4.79 Å². The van der Waals surface area contributed by atoms with Crippen molar-refractivity contribution in [3.8, 4) is 0 Å². The lowest BCUT2D eigenvalue weighted by atomic mass is 10.1. The van der Waals surface area contributed by atoms with Crippen LogP contribution in [0.1, 0.15) is 5.56 Å². The number of amides is 1. The van der Waals surface area contributed by atoms with Crippen LogP contribution >= 0.6 is 0 Å². The lowest BCUT2D eigenvalue weighted by molar-refractivity contribution is -0.117. The monoisotopic (exact) mass is 304 g/mol. The quantitative estimate of drug-likeness (QED) is 0.775. The molecule has 0 saturated heterocycles. The molecular formula is C20H20N2O. The highest BCUT2D eigenvalue weighted by Crippen LogP contribution is 2.22. The van der Waals surface area contributed by atoms with Gasteiger partial charge in [0.1, 0.15) is 0 Å². The Morgan fingerprint density at radius 2 is 1.61 bits per heavy atom. The third kappa shape index (κ3) is 3.96. The maximum absolute atomic E-state index is 12.3. The smallest absolute Gasteiger partial charge is 0.238 e. The second-order valence-corrected chi connectivity index (χ2v) is 5.73. The van der Waals surface area contributed by atoms with Gasteiger partial charge >= 0.3 is 0 Å². The van der Waals surface area contributed by atoms with E-state index in [-0.39, 0.29) is 5.91 Å². The highest BCUT2D eigenvalue weighted by atomic mass is 16.2. The highest BCUT2D eigenvalue weighted by Gasteiger charge is 2.09. The SMILES string of the molecule is CN(CC(=O)Nc1cccc2ccccc12)Cc1ccccc1. The summed E-state index contributed by atoms with van der Waals surface area (Å²) in [6.45, 7) is 1.11. The predicted molar refractivity (Wildman–Crippen MR) is 95.4 cm³/mol. The lowest BCUT2D eigenvalue weighted by Gasteiger charge is -2.17. The van der Waals surface area contributed by atoms with Crippen LogP contribution < -0.4 is 5.32 Å².